The van der Waals surface area contributed by atoms with Crippen LogP contribution in [-0.4, -0.2) is 80.7 Å². The third kappa shape index (κ3) is 39.9. The lowest BCUT2D eigenvalue weighted by atomic mass is 10.1. The Hall–Kier alpha value is -2.10. The summed E-state index contributed by atoms with van der Waals surface area (Å²) in [5.74, 6) is -0.694. The van der Waals surface area contributed by atoms with Crippen molar-refractivity contribution in [2.75, 3.05) is 47.5 Å². The number of unbranched alkanes of at least 4 members (excludes halogenated alkanes) is 18. The van der Waals surface area contributed by atoms with Gasteiger partial charge in [-0.3, -0.25) is 23.4 Å². The van der Waals surface area contributed by atoms with E-state index in [4.69, 9.17) is 18.5 Å². The fraction of sp³-hybridized carbons (Fsp3) is 0.795. The number of rotatable bonds is 39. The molecule has 0 aliphatic rings. The van der Waals surface area contributed by atoms with Gasteiger partial charge < -0.3 is 18.9 Å². The van der Waals surface area contributed by atoms with E-state index in [0.717, 1.165) is 83.5 Å². The van der Waals surface area contributed by atoms with Crippen LogP contribution in [-0.2, 0) is 37.5 Å². The van der Waals surface area contributed by atoms with E-state index in [-0.39, 0.29) is 31.8 Å². The van der Waals surface area contributed by atoms with E-state index in [9.17, 15) is 23.8 Å². The van der Waals surface area contributed by atoms with E-state index in [2.05, 4.69) is 32.1 Å². The lowest BCUT2D eigenvalue weighted by molar-refractivity contribution is -0.870. The normalized spacial score (nSPS) is 13.9. The molecule has 0 spiro atoms. The van der Waals surface area contributed by atoms with Gasteiger partial charge in [-0.25, -0.2) is 4.57 Å². The van der Waals surface area contributed by atoms with Crippen LogP contribution < -0.4 is 0 Å². The summed E-state index contributed by atoms with van der Waals surface area (Å²) in [6, 6.07) is 0. The van der Waals surface area contributed by atoms with Crippen LogP contribution in [0.5, 0.6) is 0 Å². The van der Waals surface area contributed by atoms with Crippen LogP contribution >= 0.6 is 7.82 Å². The van der Waals surface area contributed by atoms with Crippen LogP contribution in [0.15, 0.2) is 36.5 Å². The molecule has 320 valence electrons. The highest BCUT2D eigenvalue weighted by Gasteiger charge is 2.27. The highest BCUT2D eigenvalue weighted by molar-refractivity contribution is 7.47. The number of phosphoric ester groups is 1. The number of ketones is 1. The number of ether oxygens (including phenoxy) is 2. The van der Waals surface area contributed by atoms with Gasteiger partial charge in [0.2, 0.25) is 0 Å². The third-order valence-electron chi connectivity index (χ3n) is 9.12. The van der Waals surface area contributed by atoms with Gasteiger partial charge >= 0.3 is 19.8 Å². The summed E-state index contributed by atoms with van der Waals surface area (Å²) in [6.07, 6.45) is 36.0. The minimum absolute atomic E-state index is 0.0141. The van der Waals surface area contributed by atoms with Crippen molar-refractivity contribution in [3.8, 4) is 0 Å². The first kappa shape index (κ1) is 52.9. The highest BCUT2D eigenvalue weighted by Crippen LogP contribution is 2.43. The van der Waals surface area contributed by atoms with Crippen LogP contribution in [0.1, 0.15) is 174 Å². The Kier molecular flexibility index (Phi) is 34.9. The Balaban J connectivity index is 4.45. The number of hydrogen-bond acceptors (Lipinski definition) is 8. The zero-order chi connectivity index (χ0) is 40.9. The van der Waals surface area contributed by atoms with E-state index >= 15 is 0 Å². The van der Waals surface area contributed by atoms with Crippen LogP contribution in [0.3, 0.4) is 0 Å². The van der Waals surface area contributed by atoms with E-state index in [1.807, 2.05) is 33.3 Å². The average Bonchev–Trinajstić information content (AvgIpc) is 3.12. The average molecular weight is 799 g/mol. The molecule has 55 heavy (non-hydrogen) atoms. The molecule has 0 bridgehead atoms. The Morgan fingerprint density at radius 2 is 1.09 bits per heavy atom. The molecule has 11 heteroatoms. The van der Waals surface area contributed by atoms with Crippen LogP contribution in [0.2, 0.25) is 0 Å². The number of esters is 2. The van der Waals surface area contributed by atoms with E-state index in [1.165, 1.54) is 44.9 Å². The molecule has 0 aliphatic heterocycles. The Labute approximate surface area is 336 Å². The molecule has 0 aromatic heterocycles. The van der Waals surface area contributed by atoms with Gasteiger partial charge in [-0.15, -0.1) is 0 Å². The second-order valence-electron chi connectivity index (χ2n) is 15.8. The second-order valence-corrected chi connectivity index (χ2v) is 17.2. The fourth-order valence-corrected chi connectivity index (χ4v) is 6.38. The lowest BCUT2D eigenvalue weighted by Crippen LogP contribution is -2.37. The fourth-order valence-electron chi connectivity index (χ4n) is 5.64. The maximum atomic E-state index is 12.7. The summed E-state index contributed by atoms with van der Waals surface area (Å²) in [5, 5.41) is 0. The van der Waals surface area contributed by atoms with Crippen molar-refractivity contribution in [1.82, 2.24) is 0 Å². The van der Waals surface area contributed by atoms with Gasteiger partial charge in [0.1, 0.15) is 19.8 Å². The van der Waals surface area contributed by atoms with Crippen molar-refractivity contribution in [2.45, 2.75) is 180 Å². The van der Waals surface area contributed by atoms with Crippen molar-refractivity contribution in [1.29, 1.82) is 0 Å². The van der Waals surface area contributed by atoms with Gasteiger partial charge in [-0.05, 0) is 63.9 Å². The second kappa shape index (κ2) is 36.3. The van der Waals surface area contributed by atoms with Crippen LogP contribution in [0.25, 0.3) is 0 Å². The largest absolute Gasteiger partial charge is 0.472 e. The first-order valence-corrected chi connectivity index (χ1v) is 23.2. The SMILES string of the molecule is CCCCCCCC/C=C\CCCCCCCC(=O)OC[C@H](COP(=O)(O)OCC[N+](C)(C)C)OC(=O)CCCCCCC/C=C\C=C\C(=O)CCCCC. The quantitative estimate of drug-likeness (QED) is 0.0123. The van der Waals surface area contributed by atoms with Crippen LogP contribution in [0, 0.1) is 0 Å². The number of hydrogen-bond donors (Lipinski definition) is 1. The summed E-state index contributed by atoms with van der Waals surface area (Å²) >= 11 is 0. The molecule has 0 heterocycles. The van der Waals surface area contributed by atoms with E-state index < -0.39 is 32.5 Å². The van der Waals surface area contributed by atoms with Crippen molar-refractivity contribution < 1.29 is 46.8 Å². The number of likely N-dealkylation sites (N-methyl/N-ethyl adjacent to an activating group) is 1. The molecule has 0 fully saturated rings. The molecule has 0 saturated carbocycles. The van der Waals surface area contributed by atoms with E-state index in [0.29, 0.717) is 30.3 Å². The smallest absolute Gasteiger partial charge is 0.462 e. The van der Waals surface area contributed by atoms with Gasteiger partial charge in [-0.2, -0.15) is 0 Å². The lowest BCUT2D eigenvalue weighted by Gasteiger charge is -2.24. The first-order valence-electron chi connectivity index (χ1n) is 21.7. The molecule has 10 nitrogen and oxygen atoms in total. The Morgan fingerprint density at radius 1 is 0.600 bits per heavy atom. The summed E-state index contributed by atoms with van der Waals surface area (Å²) in [5.41, 5.74) is 0. The van der Waals surface area contributed by atoms with Gasteiger partial charge in [0.05, 0.1) is 27.7 Å². The zero-order valence-electron chi connectivity index (χ0n) is 35.7. The maximum Gasteiger partial charge on any atom is 0.472 e. The standard InChI is InChI=1S/C44H80NO9P/c1-6-8-10-11-12-13-14-15-16-17-18-21-24-27-31-35-43(47)51-39-42(40-53-55(49,50)52-38-37-45(3,4)5)54-44(48)36-32-28-25-22-19-20-23-26-30-34-41(46)33-29-9-7-2/h15-16,23,26,30,34,42H,6-14,17-22,24-25,27-29,31-33,35-40H2,1-5H3/p+1/b16-15-,26-23-,34-30+/t42-/m1/s1. The summed E-state index contributed by atoms with van der Waals surface area (Å²) < 4.78 is 34.2. The predicted molar refractivity (Wildman–Crippen MR) is 225 cm³/mol. The molecule has 0 radical (unpaired) electrons. The molecule has 1 N–H and O–H groups in total. The number of phosphoric acid groups is 1. The molecule has 0 aromatic carbocycles. The van der Waals surface area contributed by atoms with Gasteiger partial charge in [0.25, 0.3) is 0 Å². The van der Waals surface area contributed by atoms with Crippen molar-refractivity contribution in [3.05, 3.63) is 36.5 Å². The minimum atomic E-state index is -4.40. The monoisotopic (exact) mass is 799 g/mol. The van der Waals surface area contributed by atoms with Crippen molar-refractivity contribution in [3.63, 3.8) is 0 Å². The number of allylic oxidation sites excluding steroid dienone is 6. The summed E-state index contributed by atoms with van der Waals surface area (Å²) in [7, 11) is 1.41. The molecule has 0 amide bonds. The summed E-state index contributed by atoms with van der Waals surface area (Å²) in [6.45, 7) is 4.19. The van der Waals surface area contributed by atoms with Crippen LogP contribution in [0.4, 0.5) is 0 Å². The summed E-state index contributed by atoms with van der Waals surface area (Å²) in [4.78, 5) is 47.1. The Morgan fingerprint density at radius 3 is 1.67 bits per heavy atom. The predicted octanol–water partition coefficient (Wildman–Crippen LogP) is 11.3. The molecular formula is C44H81NO9P+. The molecular weight excluding hydrogens is 717 g/mol. The molecule has 0 aromatic rings. The van der Waals surface area contributed by atoms with Crippen molar-refractivity contribution >= 4 is 25.5 Å². The first-order chi connectivity index (χ1) is 26.4. The van der Waals surface area contributed by atoms with E-state index in [1.54, 1.807) is 6.08 Å². The number of carbonyl (C=O) groups excluding carboxylic acids is 3. The maximum absolute atomic E-state index is 12.7. The number of carbonyl (C=O) groups is 3. The number of quaternary nitrogens is 1. The van der Waals surface area contributed by atoms with Crippen molar-refractivity contribution in [2.24, 2.45) is 0 Å². The zero-order valence-corrected chi connectivity index (χ0v) is 36.5. The molecule has 2 atom stereocenters. The molecule has 1 unspecified atom stereocenters. The topological polar surface area (TPSA) is 125 Å². The Bertz CT molecular complexity index is 1100. The van der Waals surface area contributed by atoms with Gasteiger partial charge in [0.15, 0.2) is 11.9 Å². The third-order valence-corrected chi connectivity index (χ3v) is 10.1. The number of nitrogens with zero attached hydrogens (tertiary/aromatic N) is 1. The molecule has 0 aliphatic carbocycles. The van der Waals surface area contributed by atoms with Gasteiger partial charge in [0, 0.05) is 19.3 Å². The minimum Gasteiger partial charge on any atom is -0.462 e. The van der Waals surface area contributed by atoms with Gasteiger partial charge in [-0.1, -0.05) is 128 Å². The molecule has 0 rings (SSSR count). The molecule has 0 saturated heterocycles. The highest BCUT2D eigenvalue weighted by atomic mass is 31.2.